The zero-order chi connectivity index (χ0) is 10.6. The van der Waals surface area contributed by atoms with E-state index in [0.29, 0.717) is 6.04 Å². The Labute approximate surface area is 91.5 Å². The molecule has 14 heavy (non-hydrogen) atoms. The molecule has 80 valence electrons. The highest BCUT2D eigenvalue weighted by Crippen LogP contribution is 2.25. The standard InChI is InChI=1S/C12H21NS/c1-5-13-12(6-9(2)3)11-7-10(4)14-8-11/h7-9,12-13H,5-6H2,1-4H3. The van der Waals surface area contributed by atoms with Crippen molar-refractivity contribution in [3.05, 3.63) is 21.9 Å². The van der Waals surface area contributed by atoms with E-state index in [9.17, 15) is 0 Å². The Balaban J connectivity index is 2.66. The summed E-state index contributed by atoms with van der Waals surface area (Å²) in [4.78, 5) is 1.41. The van der Waals surface area contributed by atoms with Crippen LogP contribution in [-0.2, 0) is 0 Å². The molecule has 1 N–H and O–H groups in total. The normalized spacial score (nSPS) is 13.5. The Kier molecular flexibility index (Phi) is 4.63. The molecule has 1 aromatic heterocycles. The van der Waals surface area contributed by atoms with Crippen molar-refractivity contribution in [2.75, 3.05) is 6.54 Å². The monoisotopic (exact) mass is 211 g/mol. The molecule has 0 fully saturated rings. The molecule has 0 aliphatic carbocycles. The molecule has 1 rings (SSSR count). The highest BCUT2D eigenvalue weighted by molar-refractivity contribution is 7.10. The molecular weight excluding hydrogens is 190 g/mol. The topological polar surface area (TPSA) is 12.0 Å². The van der Waals surface area contributed by atoms with Crippen LogP contribution in [0.3, 0.4) is 0 Å². The molecule has 0 radical (unpaired) electrons. The van der Waals surface area contributed by atoms with Gasteiger partial charge in [-0.05, 0) is 42.8 Å². The van der Waals surface area contributed by atoms with Crippen molar-refractivity contribution >= 4 is 11.3 Å². The van der Waals surface area contributed by atoms with Crippen molar-refractivity contribution in [2.24, 2.45) is 5.92 Å². The molecule has 2 heteroatoms. The molecule has 1 unspecified atom stereocenters. The quantitative estimate of drug-likeness (QED) is 0.782. The number of thiophene rings is 1. The molecule has 0 amide bonds. The molecule has 0 saturated heterocycles. The summed E-state index contributed by atoms with van der Waals surface area (Å²) in [5, 5.41) is 5.83. The second-order valence-corrected chi connectivity index (χ2v) is 5.35. The van der Waals surface area contributed by atoms with Crippen molar-refractivity contribution in [1.29, 1.82) is 0 Å². The lowest BCUT2D eigenvalue weighted by atomic mass is 9.99. The van der Waals surface area contributed by atoms with E-state index < -0.39 is 0 Å². The van der Waals surface area contributed by atoms with Crippen molar-refractivity contribution in [3.8, 4) is 0 Å². The van der Waals surface area contributed by atoms with Crippen LogP contribution in [0.2, 0.25) is 0 Å². The summed E-state index contributed by atoms with van der Waals surface area (Å²) in [5.74, 6) is 0.749. The molecule has 1 nitrogen and oxygen atoms in total. The van der Waals surface area contributed by atoms with Gasteiger partial charge in [-0.15, -0.1) is 11.3 Å². The van der Waals surface area contributed by atoms with Gasteiger partial charge in [-0.3, -0.25) is 0 Å². The summed E-state index contributed by atoms with van der Waals surface area (Å²) in [5.41, 5.74) is 1.46. The molecule has 0 aliphatic rings. The van der Waals surface area contributed by atoms with Crippen LogP contribution >= 0.6 is 11.3 Å². The third-order valence-corrected chi connectivity index (χ3v) is 3.19. The lowest BCUT2D eigenvalue weighted by Crippen LogP contribution is -2.21. The summed E-state index contributed by atoms with van der Waals surface area (Å²) in [6.45, 7) is 9.96. The molecule has 0 aliphatic heterocycles. The molecule has 0 spiro atoms. The summed E-state index contributed by atoms with van der Waals surface area (Å²) in [6, 6.07) is 2.85. The third kappa shape index (κ3) is 3.43. The van der Waals surface area contributed by atoms with Gasteiger partial charge in [0.1, 0.15) is 0 Å². The fourth-order valence-electron chi connectivity index (χ4n) is 1.70. The first-order valence-corrected chi connectivity index (χ1v) is 6.29. The lowest BCUT2D eigenvalue weighted by molar-refractivity contribution is 0.439. The van der Waals surface area contributed by atoms with E-state index in [1.165, 1.54) is 16.9 Å². The minimum atomic E-state index is 0.546. The van der Waals surface area contributed by atoms with E-state index >= 15 is 0 Å². The highest BCUT2D eigenvalue weighted by atomic mass is 32.1. The smallest absolute Gasteiger partial charge is 0.0330 e. The molecule has 0 bridgehead atoms. The predicted molar refractivity (Wildman–Crippen MR) is 64.9 cm³/mol. The zero-order valence-electron chi connectivity index (χ0n) is 9.63. The second kappa shape index (κ2) is 5.52. The molecule has 0 aromatic carbocycles. The first-order chi connectivity index (χ1) is 6.63. The first-order valence-electron chi connectivity index (χ1n) is 5.42. The Bertz CT molecular complexity index is 265. The van der Waals surface area contributed by atoms with Gasteiger partial charge in [0.2, 0.25) is 0 Å². The lowest BCUT2D eigenvalue weighted by Gasteiger charge is -2.18. The van der Waals surface area contributed by atoms with Gasteiger partial charge in [0.15, 0.2) is 0 Å². The number of hydrogen-bond acceptors (Lipinski definition) is 2. The first kappa shape index (κ1) is 11.7. The van der Waals surface area contributed by atoms with Gasteiger partial charge in [0, 0.05) is 10.9 Å². The Morgan fingerprint density at radius 3 is 2.57 bits per heavy atom. The maximum atomic E-state index is 3.55. The van der Waals surface area contributed by atoms with E-state index in [4.69, 9.17) is 0 Å². The zero-order valence-corrected chi connectivity index (χ0v) is 10.4. The molecule has 1 heterocycles. The number of hydrogen-bond donors (Lipinski definition) is 1. The number of nitrogens with one attached hydrogen (secondary N) is 1. The molecule has 1 atom stereocenters. The largest absolute Gasteiger partial charge is 0.310 e. The van der Waals surface area contributed by atoms with E-state index in [2.05, 4.69) is 44.5 Å². The van der Waals surface area contributed by atoms with E-state index in [0.717, 1.165) is 12.5 Å². The fraction of sp³-hybridized carbons (Fsp3) is 0.667. The van der Waals surface area contributed by atoms with Gasteiger partial charge in [0.05, 0.1) is 0 Å². The maximum absolute atomic E-state index is 3.55. The fourth-order valence-corrected chi connectivity index (χ4v) is 2.46. The number of rotatable bonds is 5. The van der Waals surface area contributed by atoms with Crippen molar-refractivity contribution < 1.29 is 0 Å². The summed E-state index contributed by atoms with van der Waals surface area (Å²) < 4.78 is 0. The van der Waals surface area contributed by atoms with Gasteiger partial charge in [-0.2, -0.15) is 0 Å². The number of aryl methyl sites for hydroxylation is 1. The summed E-state index contributed by atoms with van der Waals surface area (Å²) in [7, 11) is 0. The van der Waals surface area contributed by atoms with Crippen molar-refractivity contribution in [3.63, 3.8) is 0 Å². The average molecular weight is 211 g/mol. The van der Waals surface area contributed by atoms with Crippen LogP contribution in [0.15, 0.2) is 11.4 Å². The van der Waals surface area contributed by atoms with Crippen LogP contribution in [0, 0.1) is 12.8 Å². The highest BCUT2D eigenvalue weighted by Gasteiger charge is 2.12. The van der Waals surface area contributed by atoms with Crippen molar-refractivity contribution in [2.45, 2.75) is 40.2 Å². The van der Waals surface area contributed by atoms with Crippen LogP contribution in [-0.4, -0.2) is 6.54 Å². The van der Waals surface area contributed by atoms with Gasteiger partial charge in [-0.1, -0.05) is 20.8 Å². The average Bonchev–Trinajstić information content (AvgIpc) is 2.50. The van der Waals surface area contributed by atoms with Gasteiger partial charge in [0.25, 0.3) is 0 Å². The van der Waals surface area contributed by atoms with E-state index in [1.807, 2.05) is 11.3 Å². The van der Waals surface area contributed by atoms with Crippen LogP contribution in [0.25, 0.3) is 0 Å². The minimum absolute atomic E-state index is 0.546. The molecule has 0 saturated carbocycles. The van der Waals surface area contributed by atoms with Crippen LogP contribution < -0.4 is 5.32 Å². The van der Waals surface area contributed by atoms with E-state index in [1.54, 1.807) is 0 Å². The SMILES string of the molecule is CCNC(CC(C)C)c1csc(C)c1. The van der Waals surface area contributed by atoms with Crippen LogP contribution in [0.5, 0.6) is 0 Å². The van der Waals surface area contributed by atoms with E-state index in [-0.39, 0.29) is 0 Å². The second-order valence-electron chi connectivity index (χ2n) is 4.23. The van der Waals surface area contributed by atoms with Crippen LogP contribution in [0.4, 0.5) is 0 Å². The summed E-state index contributed by atoms with van der Waals surface area (Å²) >= 11 is 1.85. The van der Waals surface area contributed by atoms with Gasteiger partial charge < -0.3 is 5.32 Å². The van der Waals surface area contributed by atoms with Crippen molar-refractivity contribution in [1.82, 2.24) is 5.32 Å². The Morgan fingerprint density at radius 2 is 2.14 bits per heavy atom. The molecule has 1 aromatic rings. The van der Waals surface area contributed by atoms with Crippen LogP contribution in [0.1, 0.15) is 43.7 Å². The summed E-state index contributed by atoms with van der Waals surface area (Å²) in [6.07, 6.45) is 1.23. The van der Waals surface area contributed by atoms with Gasteiger partial charge in [-0.25, -0.2) is 0 Å². The Morgan fingerprint density at radius 1 is 1.43 bits per heavy atom. The molecular formula is C12H21NS. The third-order valence-electron chi connectivity index (χ3n) is 2.31. The predicted octanol–water partition coefficient (Wildman–Crippen LogP) is 3.75. The van der Waals surface area contributed by atoms with Gasteiger partial charge >= 0.3 is 0 Å². The maximum Gasteiger partial charge on any atom is 0.0330 e. The minimum Gasteiger partial charge on any atom is -0.310 e. The Hall–Kier alpha value is -0.340.